The van der Waals surface area contributed by atoms with E-state index in [0.717, 1.165) is 6.07 Å². The molecule has 2 aromatic rings. The molecular formula is C12H9ClN2O5. The van der Waals surface area contributed by atoms with Crippen LogP contribution in [0, 0.1) is 0 Å². The first-order valence-corrected chi connectivity index (χ1v) is 5.73. The van der Waals surface area contributed by atoms with E-state index >= 15 is 0 Å². The Morgan fingerprint density at radius 1 is 1.35 bits per heavy atom. The van der Waals surface area contributed by atoms with Crippen molar-refractivity contribution in [3.8, 4) is 17.4 Å². The second-order valence-electron chi connectivity index (χ2n) is 3.66. The number of H-pyrrole nitrogens is 1. The average Bonchev–Trinajstić information content (AvgIpc) is 2.41. The summed E-state index contributed by atoms with van der Waals surface area (Å²) in [6.45, 7) is 0. The zero-order chi connectivity index (χ0) is 14.7. The first kappa shape index (κ1) is 13.9. The Labute approximate surface area is 117 Å². The zero-order valence-corrected chi connectivity index (χ0v) is 11.0. The number of carboxylic acid groups (broad SMARTS) is 1. The SMILES string of the molecule is COc1ccc(C(=O)O)cc1Oc1n[nH]c(Cl)cc1=O. The van der Waals surface area contributed by atoms with Gasteiger partial charge in [0.1, 0.15) is 5.15 Å². The highest BCUT2D eigenvalue weighted by Gasteiger charge is 2.13. The summed E-state index contributed by atoms with van der Waals surface area (Å²) in [5.41, 5.74) is -0.553. The Bertz CT molecular complexity index is 713. The molecule has 2 N–H and O–H groups in total. The van der Waals surface area contributed by atoms with Crippen LogP contribution in [0.3, 0.4) is 0 Å². The lowest BCUT2D eigenvalue weighted by atomic mass is 10.2. The third kappa shape index (κ3) is 2.89. The van der Waals surface area contributed by atoms with E-state index in [1.165, 1.54) is 25.3 Å². The molecule has 0 spiro atoms. The number of halogens is 1. The van der Waals surface area contributed by atoms with E-state index in [9.17, 15) is 9.59 Å². The molecule has 0 aliphatic carbocycles. The van der Waals surface area contributed by atoms with Crippen molar-refractivity contribution in [1.82, 2.24) is 10.2 Å². The Morgan fingerprint density at radius 2 is 2.10 bits per heavy atom. The minimum absolute atomic E-state index is 0.00816. The van der Waals surface area contributed by atoms with Crippen LogP contribution in [0.1, 0.15) is 10.4 Å². The van der Waals surface area contributed by atoms with Crippen molar-refractivity contribution >= 4 is 17.6 Å². The summed E-state index contributed by atoms with van der Waals surface area (Å²) >= 11 is 5.57. The number of carbonyl (C=O) groups is 1. The van der Waals surface area contributed by atoms with Crippen LogP contribution < -0.4 is 14.9 Å². The van der Waals surface area contributed by atoms with Gasteiger partial charge in [0.2, 0.25) is 5.43 Å². The van der Waals surface area contributed by atoms with Crippen LogP contribution in [0.15, 0.2) is 29.1 Å². The number of ether oxygens (including phenoxy) is 2. The van der Waals surface area contributed by atoms with Gasteiger partial charge in [0.15, 0.2) is 11.5 Å². The Hall–Kier alpha value is -2.54. The summed E-state index contributed by atoms with van der Waals surface area (Å²) in [6, 6.07) is 5.10. The lowest BCUT2D eigenvalue weighted by Gasteiger charge is -2.09. The number of rotatable bonds is 4. The molecule has 7 nitrogen and oxygen atoms in total. The molecule has 104 valence electrons. The lowest BCUT2D eigenvalue weighted by Crippen LogP contribution is -2.08. The van der Waals surface area contributed by atoms with Gasteiger partial charge in [0.05, 0.1) is 12.7 Å². The molecular weight excluding hydrogens is 288 g/mol. The van der Waals surface area contributed by atoms with E-state index < -0.39 is 11.4 Å². The van der Waals surface area contributed by atoms with Gasteiger partial charge in [-0.2, -0.15) is 0 Å². The topological polar surface area (TPSA) is 102 Å². The third-order valence-corrected chi connectivity index (χ3v) is 2.54. The number of hydrogen-bond donors (Lipinski definition) is 2. The fourth-order valence-corrected chi connectivity index (χ4v) is 1.58. The number of aromatic carboxylic acids is 1. The summed E-state index contributed by atoms with van der Waals surface area (Å²) < 4.78 is 10.3. The fraction of sp³-hybridized carbons (Fsp3) is 0.0833. The van der Waals surface area contributed by atoms with Gasteiger partial charge in [0, 0.05) is 6.07 Å². The predicted molar refractivity (Wildman–Crippen MR) is 69.9 cm³/mol. The van der Waals surface area contributed by atoms with Crippen LogP contribution >= 0.6 is 11.6 Å². The Kier molecular flexibility index (Phi) is 3.90. The van der Waals surface area contributed by atoms with E-state index in [-0.39, 0.29) is 28.1 Å². The van der Waals surface area contributed by atoms with Gasteiger partial charge in [-0.05, 0) is 18.2 Å². The van der Waals surface area contributed by atoms with Crippen LogP contribution in [0.5, 0.6) is 17.4 Å². The monoisotopic (exact) mass is 296 g/mol. The largest absolute Gasteiger partial charge is 0.493 e. The number of benzene rings is 1. The molecule has 0 saturated heterocycles. The number of aromatic nitrogens is 2. The summed E-state index contributed by atoms with van der Waals surface area (Å²) in [4.78, 5) is 22.5. The van der Waals surface area contributed by atoms with E-state index in [4.69, 9.17) is 26.2 Å². The van der Waals surface area contributed by atoms with Crippen LogP contribution in [-0.2, 0) is 0 Å². The quantitative estimate of drug-likeness (QED) is 0.894. The van der Waals surface area contributed by atoms with Crippen molar-refractivity contribution in [3.05, 3.63) is 45.2 Å². The van der Waals surface area contributed by atoms with Crippen LogP contribution in [-0.4, -0.2) is 28.4 Å². The van der Waals surface area contributed by atoms with Crippen molar-refractivity contribution < 1.29 is 19.4 Å². The molecule has 8 heteroatoms. The first-order valence-electron chi connectivity index (χ1n) is 5.35. The van der Waals surface area contributed by atoms with Gasteiger partial charge in [-0.3, -0.25) is 9.89 Å². The van der Waals surface area contributed by atoms with E-state index in [2.05, 4.69) is 10.2 Å². The second kappa shape index (κ2) is 5.62. The molecule has 0 aliphatic heterocycles. The first-order chi connectivity index (χ1) is 9.51. The number of methoxy groups -OCH3 is 1. The van der Waals surface area contributed by atoms with Crippen LogP contribution in [0.2, 0.25) is 5.15 Å². The summed E-state index contributed by atoms with van der Waals surface area (Å²) in [7, 11) is 1.39. The van der Waals surface area contributed by atoms with Crippen molar-refractivity contribution in [3.63, 3.8) is 0 Å². The molecule has 1 heterocycles. The van der Waals surface area contributed by atoms with Gasteiger partial charge in [0.25, 0.3) is 5.88 Å². The Balaban J connectivity index is 2.43. The molecule has 0 aliphatic rings. The molecule has 0 atom stereocenters. The highest BCUT2D eigenvalue weighted by molar-refractivity contribution is 6.29. The standard InChI is InChI=1S/C12H9ClN2O5/c1-19-8-3-2-6(12(17)18)4-9(8)20-11-7(16)5-10(13)14-15-11/h2-5H,1H3,(H,14,16)(H,17,18). The smallest absolute Gasteiger partial charge is 0.335 e. The van der Waals surface area contributed by atoms with Gasteiger partial charge >= 0.3 is 5.97 Å². The minimum atomic E-state index is -1.13. The van der Waals surface area contributed by atoms with Crippen molar-refractivity contribution in [2.45, 2.75) is 0 Å². The van der Waals surface area contributed by atoms with E-state index in [0.29, 0.717) is 0 Å². The second-order valence-corrected chi connectivity index (χ2v) is 4.07. The van der Waals surface area contributed by atoms with Gasteiger partial charge in [-0.25, -0.2) is 4.79 Å². The maximum absolute atomic E-state index is 11.6. The zero-order valence-electron chi connectivity index (χ0n) is 10.2. The molecule has 20 heavy (non-hydrogen) atoms. The maximum atomic E-state index is 11.6. The molecule has 2 rings (SSSR count). The fourth-order valence-electron chi connectivity index (χ4n) is 1.44. The minimum Gasteiger partial charge on any atom is -0.493 e. The number of carboxylic acids is 1. The molecule has 1 aromatic heterocycles. The number of nitrogens with one attached hydrogen (secondary N) is 1. The number of nitrogens with zero attached hydrogens (tertiary/aromatic N) is 1. The molecule has 0 unspecified atom stereocenters. The molecule has 0 bridgehead atoms. The molecule has 1 aromatic carbocycles. The lowest BCUT2D eigenvalue weighted by molar-refractivity contribution is 0.0696. The van der Waals surface area contributed by atoms with Crippen LogP contribution in [0.4, 0.5) is 0 Å². The predicted octanol–water partition coefficient (Wildman–Crippen LogP) is 1.92. The van der Waals surface area contributed by atoms with Crippen LogP contribution in [0.25, 0.3) is 0 Å². The maximum Gasteiger partial charge on any atom is 0.335 e. The average molecular weight is 297 g/mol. The third-order valence-electron chi connectivity index (χ3n) is 2.35. The summed E-state index contributed by atoms with van der Waals surface area (Å²) in [6.07, 6.45) is 0. The van der Waals surface area contributed by atoms with E-state index in [1.54, 1.807) is 0 Å². The molecule has 0 amide bonds. The highest BCUT2D eigenvalue weighted by atomic mass is 35.5. The molecule has 0 fully saturated rings. The summed E-state index contributed by atoms with van der Waals surface area (Å²) in [5, 5.41) is 15.0. The van der Waals surface area contributed by atoms with Crippen molar-refractivity contribution in [2.75, 3.05) is 7.11 Å². The molecule has 0 saturated carbocycles. The normalized spacial score (nSPS) is 10.1. The van der Waals surface area contributed by atoms with Crippen molar-refractivity contribution in [1.29, 1.82) is 0 Å². The van der Waals surface area contributed by atoms with Gasteiger partial charge in [-0.1, -0.05) is 11.6 Å². The van der Waals surface area contributed by atoms with Gasteiger partial charge < -0.3 is 14.6 Å². The van der Waals surface area contributed by atoms with Crippen molar-refractivity contribution in [2.24, 2.45) is 0 Å². The summed E-state index contributed by atoms with van der Waals surface area (Å²) in [5.74, 6) is -1.07. The van der Waals surface area contributed by atoms with Gasteiger partial charge in [-0.15, -0.1) is 5.10 Å². The number of aromatic amines is 1. The highest BCUT2D eigenvalue weighted by Crippen LogP contribution is 2.30. The number of hydrogen-bond acceptors (Lipinski definition) is 5. The van der Waals surface area contributed by atoms with E-state index in [1.807, 2.05) is 0 Å². The molecule has 0 radical (unpaired) electrons. The Morgan fingerprint density at radius 3 is 2.70 bits per heavy atom.